The van der Waals surface area contributed by atoms with E-state index >= 15 is 0 Å². The van der Waals surface area contributed by atoms with Crippen LogP contribution in [0.15, 0.2) is 54.9 Å². The van der Waals surface area contributed by atoms with Crippen molar-refractivity contribution < 1.29 is 31.9 Å². The average Bonchev–Trinajstić information content (AvgIpc) is 3.52. The van der Waals surface area contributed by atoms with Gasteiger partial charge in [-0.3, -0.25) is 9.48 Å². The highest BCUT2D eigenvalue weighted by molar-refractivity contribution is 5.93. The molecule has 39 heavy (non-hydrogen) atoms. The third kappa shape index (κ3) is 5.52. The highest BCUT2D eigenvalue weighted by Gasteiger charge is 2.56. The van der Waals surface area contributed by atoms with Crippen LogP contribution in [0.4, 0.5) is 22.0 Å². The SMILES string of the molecule is Cn1nc(-n2cccn2)cc1C(=O)NCC(O)(c1cc(C(C)(C)N)cc(-c2ccc(F)c(F)c2)n1)C(F)(F)F. The smallest absolute Gasteiger partial charge is 0.374 e. The number of hydrogen-bond donors (Lipinski definition) is 3. The van der Waals surface area contributed by atoms with Crippen LogP contribution in [0.3, 0.4) is 0 Å². The van der Waals surface area contributed by atoms with Gasteiger partial charge in [-0.05, 0) is 55.8 Å². The van der Waals surface area contributed by atoms with Gasteiger partial charge in [-0.25, -0.2) is 18.4 Å². The molecule has 0 aliphatic carbocycles. The molecule has 1 amide bonds. The Labute approximate surface area is 219 Å². The highest BCUT2D eigenvalue weighted by Crippen LogP contribution is 2.40. The van der Waals surface area contributed by atoms with Crippen molar-refractivity contribution in [2.75, 3.05) is 6.54 Å². The van der Waals surface area contributed by atoms with Gasteiger partial charge in [-0.2, -0.15) is 23.4 Å². The molecule has 9 nitrogen and oxygen atoms in total. The molecule has 4 N–H and O–H groups in total. The first-order valence-corrected chi connectivity index (χ1v) is 11.5. The van der Waals surface area contributed by atoms with E-state index < -0.39 is 47.1 Å². The molecule has 0 fully saturated rings. The highest BCUT2D eigenvalue weighted by atomic mass is 19.4. The molecule has 1 unspecified atom stereocenters. The second kappa shape index (κ2) is 9.85. The van der Waals surface area contributed by atoms with E-state index in [0.29, 0.717) is 0 Å². The van der Waals surface area contributed by atoms with Crippen LogP contribution < -0.4 is 11.1 Å². The minimum atomic E-state index is -5.32. The maximum absolute atomic E-state index is 14.4. The predicted molar refractivity (Wildman–Crippen MR) is 129 cm³/mol. The van der Waals surface area contributed by atoms with Gasteiger partial charge in [0.05, 0.1) is 17.9 Å². The second-order valence-corrected chi connectivity index (χ2v) is 9.48. The van der Waals surface area contributed by atoms with Crippen LogP contribution in [-0.4, -0.2) is 48.3 Å². The van der Waals surface area contributed by atoms with Gasteiger partial charge in [0.2, 0.25) is 5.60 Å². The van der Waals surface area contributed by atoms with Gasteiger partial charge in [0.15, 0.2) is 17.5 Å². The lowest BCUT2D eigenvalue weighted by Gasteiger charge is -2.32. The van der Waals surface area contributed by atoms with Gasteiger partial charge in [-0.1, -0.05) is 0 Å². The Balaban J connectivity index is 1.73. The molecule has 1 atom stereocenters. The number of carbonyl (C=O) groups is 1. The zero-order valence-electron chi connectivity index (χ0n) is 21.0. The zero-order chi connectivity index (χ0) is 28.8. The Morgan fingerprint density at radius 2 is 1.82 bits per heavy atom. The topological polar surface area (TPSA) is 124 Å². The summed E-state index contributed by atoms with van der Waals surface area (Å²) >= 11 is 0. The first kappa shape index (κ1) is 27.9. The fourth-order valence-electron chi connectivity index (χ4n) is 3.73. The van der Waals surface area contributed by atoms with Crippen molar-refractivity contribution in [3.63, 3.8) is 0 Å². The molecular weight excluding hydrogens is 525 g/mol. The Morgan fingerprint density at radius 1 is 1.10 bits per heavy atom. The number of aliphatic hydroxyl groups is 1. The summed E-state index contributed by atoms with van der Waals surface area (Å²) in [4.78, 5) is 16.8. The van der Waals surface area contributed by atoms with Crippen molar-refractivity contribution >= 4 is 5.91 Å². The van der Waals surface area contributed by atoms with E-state index in [1.165, 1.54) is 43.9 Å². The van der Waals surface area contributed by atoms with Gasteiger partial charge in [0.1, 0.15) is 5.69 Å². The molecule has 4 aromatic rings. The number of pyridine rings is 1. The Bertz CT molecular complexity index is 1510. The summed E-state index contributed by atoms with van der Waals surface area (Å²) in [6.45, 7) is 1.70. The standard InChI is InChI=1S/C25H24F5N7O2/c1-23(2,31)15-10-18(14-5-6-16(26)17(27)9-14)34-20(11-15)24(39,25(28,29)30)13-32-22(38)19-12-21(35-36(19)3)37-8-4-7-33-37/h4-12,39H,13,31H2,1-3H3,(H,32,38). The number of benzene rings is 1. The van der Waals surface area contributed by atoms with Crippen LogP contribution in [0.2, 0.25) is 0 Å². The van der Waals surface area contributed by atoms with Crippen molar-refractivity contribution in [2.45, 2.75) is 31.2 Å². The van der Waals surface area contributed by atoms with Crippen LogP contribution in [0.25, 0.3) is 17.1 Å². The molecule has 4 rings (SSSR count). The number of aryl methyl sites for hydroxylation is 1. The molecule has 0 spiro atoms. The number of carbonyl (C=O) groups excluding carboxylic acids is 1. The maximum Gasteiger partial charge on any atom is 0.424 e. The van der Waals surface area contributed by atoms with Gasteiger partial charge < -0.3 is 16.2 Å². The number of nitrogens with zero attached hydrogens (tertiary/aromatic N) is 5. The normalized spacial score (nSPS) is 13.8. The van der Waals surface area contributed by atoms with Gasteiger partial charge in [0.25, 0.3) is 5.91 Å². The molecule has 0 saturated carbocycles. The van der Waals surface area contributed by atoms with Crippen molar-refractivity contribution in [3.8, 4) is 17.1 Å². The molecule has 0 saturated heterocycles. The van der Waals surface area contributed by atoms with Crippen LogP contribution in [0.5, 0.6) is 0 Å². The fourth-order valence-corrected chi connectivity index (χ4v) is 3.73. The third-order valence-corrected chi connectivity index (χ3v) is 6.02. The van der Waals surface area contributed by atoms with Crippen LogP contribution in [0, 0.1) is 11.6 Å². The van der Waals surface area contributed by atoms with Crippen molar-refractivity contribution in [2.24, 2.45) is 12.8 Å². The lowest BCUT2D eigenvalue weighted by Crippen LogP contribution is -2.52. The summed E-state index contributed by atoms with van der Waals surface area (Å²) in [6.07, 6.45) is -2.27. The van der Waals surface area contributed by atoms with Crippen molar-refractivity contribution in [1.82, 2.24) is 29.9 Å². The number of aromatic nitrogens is 5. The second-order valence-electron chi connectivity index (χ2n) is 9.48. The Hall–Kier alpha value is -4.17. The Morgan fingerprint density at radius 3 is 2.41 bits per heavy atom. The number of alkyl halides is 3. The molecule has 3 heterocycles. The molecule has 3 aromatic heterocycles. The summed E-state index contributed by atoms with van der Waals surface area (Å²) in [6, 6.07) is 7.91. The number of nitrogens with one attached hydrogen (secondary N) is 1. The van der Waals surface area contributed by atoms with E-state index in [1.807, 2.05) is 0 Å². The minimum absolute atomic E-state index is 0.0455. The lowest BCUT2D eigenvalue weighted by molar-refractivity contribution is -0.265. The first-order valence-electron chi connectivity index (χ1n) is 11.5. The van der Waals surface area contributed by atoms with Crippen molar-refractivity contribution in [1.29, 1.82) is 0 Å². The zero-order valence-corrected chi connectivity index (χ0v) is 21.0. The van der Waals surface area contributed by atoms with Crippen LogP contribution in [0.1, 0.15) is 35.6 Å². The van der Waals surface area contributed by atoms with Crippen molar-refractivity contribution in [3.05, 3.63) is 83.4 Å². The summed E-state index contributed by atoms with van der Waals surface area (Å²) in [5, 5.41) is 21.2. The van der Waals surface area contributed by atoms with Crippen LogP contribution >= 0.6 is 0 Å². The molecule has 0 aliphatic heterocycles. The largest absolute Gasteiger partial charge is 0.424 e. The first-order chi connectivity index (χ1) is 18.1. The van der Waals surface area contributed by atoms with Gasteiger partial charge >= 0.3 is 6.18 Å². The summed E-state index contributed by atoms with van der Waals surface area (Å²) < 4.78 is 73.0. The third-order valence-electron chi connectivity index (χ3n) is 6.02. The molecule has 0 aliphatic rings. The number of nitrogens with two attached hydrogens (primary N) is 1. The Kier molecular flexibility index (Phi) is 7.04. The van der Waals surface area contributed by atoms with Crippen LogP contribution in [-0.2, 0) is 18.2 Å². The monoisotopic (exact) mass is 549 g/mol. The molecule has 206 valence electrons. The van der Waals surface area contributed by atoms with E-state index in [1.54, 1.807) is 12.3 Å². The fraction of sp³-hybridized carbons (Fsp3) is 0.280. The maximum atomic E-state index is 14.4. The molecular formula is C25H24F5N7O2. The number of rotatable bonds is 7. The van der Waals surface area contributed by atoms with E-state index in [-0.39, 0.29) is 28.3 Å². The number of hydrogen-bond acceptors (Lipinski definition) is 6. The minimum Gasteiger partial charge on any atom is -0.374 e. The quantitative estimate of drug-likeness (QED) is 0.304. The van der Waals surface area contributed by atoms with E-state index in [4.69, 9.17) is 5.73 Å². The summed E-state index contributed by atoms with van der Waals surface area (Å²) in [7, 11) is 1.42. The number of halogens is 5. The summed E-state index contributed by atoms with van der Waals surface area (Å²) in [5.74, 6) is -3.11. The van der Waals surface area contributed by atoms with E-state index in [2.05, 4.69) is 20.5 Å². The summed E-state index contributed by atoms with van der Waals surface area (Å²) in [5.41, 5.74) is 0.126. The lowest BCUT2D eigenvalue weighted by atomic mass is 9.89. The molecule has 14 heteroatoms. The molecule has 0 radical (unpaired) electrons. The average molecular weight is 550 g/mol. The van der Waals surface area contributed by atoms with Gasteiger partial charge in [-0.15, -0.1) is 0 Å². The molecule has 1 aromatic carbocycles. The van der Waals surface area contributed by atoms with Gasteiger partial charge in [0, 0.05) is 36.6 Å². The van der Waals surface area contributed by atoms with E-state index in [9.17, 15) is 31.9 Å². The van der Waals surface area contributed by atoms with E-state index in [0.717, 1.165) is 28.9 Å². The predicted octanol–water partition coefficient (Wildman–Crippen LogP) is 3.32. The number of amides is 1. The molecule has 0 bridgehead atoms.